The molecule has 0 spiro atoms. The van der Waals surface area contributed by atoms with Crippen LogP contribution in [0.1, 0.15) is 37.4 Å². The van der Waals surface area contributed by atoms with Gasteiger partial charge in [-0.3, -0.25) is 9.59 Å². The van der Waals surface area contributed by atoms with Gasteiger partial charge < -0.3 is 10.6 Å². The molecule has 136 valence electrons. The van der Waals surface area contributed by atoms with Gasteiger partial charge in [0.15, 0.2) is 0 Å². The van der Waals surface area contributed by atoms with Crippen molar-refractivity contribution in [1.29, 1.82) is 0 Å². The fourth-order valence-electron chi connectivity index (χ4n) is 2.73. The number of hydrogen-bond acceptors (Lipinski definition) is 2. The molecular weight excluding hydrogens is 336 g/mol. The summed E-state index contributed by atoms with van der Waals surface area (Å²) in [7, 11) is 0. The van der Waals surface area contributed by atoms with E-state index in [1.54, 1.807) is 24.3 Å². The van der Waals surface area contributed by atoms with Crippen LogP contribution in [-0.2, 0) is 6.54 Å². The van der Waals surface area contributed by atoms with Gasteiger partial charge in [-0.15, -0.1) is 0 Å². The second-order valence-electron chi connectivity index (χ2n) is 6.51. The first kappa shape index (κ1) is 18.4. The molecule has 2 N–H and O–H groups in total. The van der Waals surface area contributed by atoms with E-state index in [1.165, 1.54) is 0 Å². The van der Waals surface area contributed by atoms with Gasteiger partial charge >= 0.3 is 0 Å². The summed E-state index contributed by atoms with van der Waals surface area (Å²) in [5, 5.41) is 5.75. The summed E-state index contributed by atoms with van der Waals surface area (Å²) < 4.78 is 0. The molecular formula is C23H22N2O2. The van der Waals surface area contributed by atoms with E-state index in [4.69, 9.17) is 0 Å². The summed E-state index contributed by atoms with van der Waals surface area (Å²) in [5.41, 5.74) is 4.95. The number of nitrogens with one attached hydrogen (secondary N) is 2. The summed E-state index contributed by atoms with van der Waals surface area (Å²) in [6.07, 6.45) is 0. The maximum Gasteiger partial charge on any atom is 0.255 e. The predicted molar refractivity (Wildman–Crippen MR) is 108 cm³/mol. The molecule has 4 heteroatoms. The molecule has 0 saturated carbocycles. The van der Waals surface area contributed by atoms with Crippen molar-refractivity contribution in [3.05, 3.63) is 101 Å². The van der Waals surface area contributed by atoms with Crippen molar-refractivity contribution >= 4 is 17.5 Å². The van der Waals surface area contributed by atoms with Crippen LogP contribution in [0.5, 0.6) is 0 Å². The van der Waals surface area contributed by atoms with Crippen molar-refractivity contribution in [3.63, 3.8) is 0 Å². The Balaban J connectivity index is 1.67. The van der Waals surface area contributed by atoms with Gasteiger partial charge in [-0.1, -0.05) is 48.0 Å². The molecule has 2 amide bonds. The molecule has 0 aromatic heterocycles. The van der Waals surface area contributed by atoms with Crippen LogP contribution >= 0.6 is 0 Å². The SMILES string of the molecule is Cc1ccc(NC(=O)c2cccc(C(=O)NCc3ccccc3C)c2)cc1. The number of aryl methyl sites for hydroxylation is 2. The number of carbonyl (C=O) groups is 2. The van der Waals surface area contributed by atoms with Gasteiger partial charge in [0.05, 0.1) is 0 Å². The zero-order valence-electron chi connectivity index (χ0n) is 15.5. The van der Waals surface area contributed by atoms with Gasteiger partial charge in [0.25, 0.3) is 11.8 Å². The maximum atomic E-state index is 12.5. The van der Waals surface area contributed by atoms with E-state index >= 15 is 0 Å². The monoisotopic (exact) mass is 358 g/mol. The molecule has 4 nitrogen and oxygen atoms in total. The van der Waals surface area contributed by atoms with Crippen LogP contribution < -0.4 is 10.6 Å². The van der Waals surface area contributed by atoms with Crippen LogP contribution in [0.3, 0.4) is 0 Å². The highest BCUT2D eigenvalue weighted by molar-refractivity contribution is 6.06. The Morgan fingerprint density at radius 1 is 0.778 bits per heavy atom. The first-order valence-corrected chi connectivity index (χ1v) is 8.84. The summed E-state index contributed by atoms with van der Waals surface area (Å²) >= 11 is 0. The normalized spacial score (nSPS) is 10.3. The van der Waals surface area contributed by atoms with Crippen LogP contribution in [0.2, 0.25) is 0 Å². The Morgan fingerprint density at radius 3 is 2.15 bits per heavy atom. The Hall–Kier alpha value is -3.40. The first-order chi connectivity index (χ1) is 13.0. The molecule has 3 aromatic carbocycles. The van der Waals surface area contributed by atoms with E-state index in [1.807, 2.05) is 62.4 Å². The molecule has 0 aliphatic rings. The molecule has 0 aliphatic heterocycles. The second kappa shape index (κ2) is 8.32. The largest absolute Gasteiger partial charge is 0.348 e. The van der Waals surface area contributed by atoms with Crippen molar-refractivity contribution in [3.8, 4) is 0 Å². The van der Waals surface area contributed by atoms with Crippen LogP contribution in [0, 0.1) is 13.8 Å². The highest BCUT2D eigenvalue weighted by Gasteiger charge is 2.11. The topological polar surface area (TPSA) is 58.2 Å². The van der Waals surface area contributed by atoms with Gasteiger partial charge in [0.1, 0.15) is 0 Å². The average molecular weight is 358 g/mol. The van der Waals surface area contributed by atoms with E-state index in [0.29, 0.717) is 17.7 Å². The van der Waals surface area contributed by atoms with Gasteiger partial charge in [0, 0.05) is 23.4 Å². The molecule has 0 bridgehead atoms. The Bertz CT molecular complexity index is 962. The van der Waals surface area contributed by atoms with Crippen molar-refractivity contribution in [1.82, 2.24) is 5.32 Å². The lowest BCUT2D eigenvalue weighted by Gasteiger charge is -2.09. The van der Waals surface area contributed by atoms with Crippen LogP contribution in [0.15, 0.2) is 72.8 Å². The molecule has 0 aliphatic carbocycles. The van der Waals surface area contributed by atoms with E-state index in [9.17, 15) is 9.59 Å². The zero-order valence-corrected chi connectivity index (χ0v) is 15.5. The zero-order chi connectivity index (χ0) is 19.2. The van der Waals surface area contributed by atoms with Crippen molar-refractivity contribution in [2.75, 3.05) is 5.32 Å². The Kier molecular flexibility index (Phi) is 5.67. The third-order valence-corrected chi connectivity index (χ3v) is 4.40. The van der Waals surface area contributed by atoms with E-state index in [0.717, 1.165) is 22.4 Å². The predicted octanol–water partition coefficient (Wildman–Crippen LogP) is 4.49. The summed E-state index contributed by atoms with van der Waals surface area (Å²) in [6.45, 7) is 4.45. The lowest BCUT2D eigenvalue weighted by molar-refractivity contribution is 0.0951. The van der Waals surface area contributed by atoms with Crippen molar-refractivity contribution in [2.45, 2.75) is 20.4 Å². The smallest absolute Gasteiger partial charge is 0.255 e. The molecule has 0 atom stereocenters. The standard InChI is InChI=1S/C23H22N2O2/c1-16-10-12-21(13-11-16)25-23(27)19-9-5-8-18(14-19)22(26)24-15-20-7-4-3-6-17(20)2/h3-14H,15H2,1-2H3,(H,24,26)(H,25,27). The average Bonchev–Trinajstić information content (AvgIpc) is 2.69. The quantitative estimate of drug-likeness (QED) is 0.706. The number of hydrogen-bond donors (Lipinski definition) is 2. The molecule has 0 saturated heterocycles. The fraction of sp³-hybridized carbons (Fsp3) is 0.130. The van der Waals surface area contributed by atoms with E-state index < -0.39 is 0 Å². The summed E-state index contributed by atoms with van der Waals surface area (Å²) in [6, 6.07) is 22.2. The molecule has 0 fully saturated rings. The number of carbonyl (C=O) groups excluding carboxylic acids is 2. The highest BCUT2D eigenvalue weighted by atomic mass is 16.2. The Labute approximate surface area is 159 Å². The van der Waals surface area contributed by atoms with E-state index in [2.05, 4.69) is 10.6 Å². The van der Waals surface area contributed by atoms with E-state index in [-0.39, 0.29) is 11.8 Å². The number of rotatable bonds is 5. The number of benzene rings is 3. The van der Waals surface area contributed by atoms with Gasteiger partial charge in [-0.25, -0.2) is 0 Å². The molecule has 0 heterocycles. The van der Waals surface area contributed by atoms with Crippen molar-refractivity contribution in [2.24, 2.45) is 0 Å². The third kappa shape index (κ3) is 4.82. The minimum atomic E-state index is -0.243. The van der Waals surface area contributed by atoms with Gasteiger partial charge in [-0.2, -0.15) is 0 Å². The first-order valence-electron chi connectivity index (χ1n) is 8.84. The Morgan fingerprint density at radius 2 is 1.44 bits per heavy atom. The van der Waals surface area contributed by atoms with Crippen LogP contribution in [0.4, 0.5) is 5.69 Å². The fourth-order valence-corrected chi connectivity index (χ4v) is 2.73. The summed E-state index contributed by atoms with van der Waals surface area (Å²) in [5.74, 6) is -0.448. The molecule has 0 radical (unpaired) electrons. The lowest BCUT2D eigenvalue weighted by Crippen LogP contribution is -2.23. The second-order valence-corrected chi connectivity index (χ2v) is 6.51. The summed E-state index contributed by atoms with van der Waals surface area (Å²) in [4.78, 5) is 24.9. The minimum absolute atomic E-state index is 0.205. The highest BCUT2D eigenvalue weighted by Crippen LogP contribution is 2.13. The number of anilines is 1. The van der Waals surface area contributed by atoms with Crippen molar-refractivity contribution < 1.29 is 9.59 Å². The molecule has 3 rings (SSSR count). The third-order valence-electron chi connectivity index (χ3n) is 4.40. The minimum Gasteiger partial charge on any atom is -0.348 e. The van der Waals surface area contributed by atoms with Gasteiger partial charge in [0.2, 0.25) is 0 Å². The van der Waals surface area contributed by atoms with Gasteiger partial charge in [-0.05, 0) is 55.3 Å². The molecule has 0 unspecified atom stereocenters. The lowest BCUT2D eigenvalue weighted by atomic mass is 10.1. The number of amides is 2. The molecule has 3 aromatic rings. The molecule has 27 heavy (non-hydrogen) atoms. The van der Waals surface area contributed by atoms with Crippen LogP contribution in [0.25, 0.3) is 0 Å². The van der Waals surface area contributed by atoms with Crippen LogP contribution in [-0.4, -0.2) is 11.8 Å². The maximum absolute atomic E-state index is 12.5.